The maximum Gasteiger partial charge on any atom is 0.337 e. The van der Waals surface area contributed by atoms with E-state index in [0.29, 0.717) is 23.6 Å². The Morgan fingerprint density at radius 2 is 2.03 bits per heavy atom. The van der Waals surface area contributed by atoms with Gasteiger partial charge < -0.3 is 9.67 Å². The smallest absolute Gasteiger partial charge is 0.337 e. The molecule has 0 atom stereocenters. The molecule has 0 aliphatic heterocycles. The summed E-state index contributed by atoms with van der Waals surface area (Å²) in [5.41, 5.74) is 4.77. The number of aryl methyl sites for hydroxylation is 1. The van der Waals surface area contributed by atoms with Gasteiger partial charge in [-0.25, -0.2) is 9.18 Å². The first-order chi connectivity index (χ1) is 14.5. The predicted octanol–water partition coefficient (Wildman–Crippen LogP) is 4.94. The molecular formula is C24H20FN3O2. The third-order valence-corrected chi connectivity index (χ3v) is 5.73. The molecule has 1 saturated carbocycles. The molecule has 0 radical (unpaired) electrons. The van der Waals surface area contributed by atoms with E-state index in [1.807, 2.05) is 36.0 Å². The van der Waals surface area contributed by atoms with Gasteiger partial charge >= 0.3 is 5.97 Å². The second kappa shape index (κ2) is 7.06. The number of aromatic carboxylic acids is 1. The highest BCUT2D eigenvalue weighted by atomic mass is 19.1. The Hall–Kier alpha value is -3.54. The first kappa shape index (κ1) is 18.5. The van der Waals surface area contributed by atoms with E-state index in [9.17, 15) is 14.3 Å². The van der Waals surface area contributed by atoms with Gasteiger partial charge in [0.05, 0.1) is 23.0 Å². The average molecular weight is 401 g/mol. The summed E-state index contributed by atoms with van der Waals surface area (Å²) in [5, 5.41) is 10.7. The lowest BCUT2D eigenvalue weighted by molar-refractivity contribution is 0.0695. The number of carboxylic acids is 1. The Morgan fingerprint density at radius 3 is 2.77 bits per heavy atom. The summed E-state index contributed by atoms with van der Waals surface area (Å²) >= 11 is 0. The molecule has 0 spiro atoms. The average Bonchev–Trinajstić information content (AvgIpc) is 3.51. The predicted molar refractivity (Wildman–Crippen MR) is 112 cm³/mol. The van der Waals surface area contributed by atoms with Gasteiger partial charge in [0.15, 0.2) is 0 Å². The molecule has 6 heteroatoms. The highest BCUT2D eigenvalue weighted by molar-refractivity contribution is 5.95. The van der Waals surface area contributed by atoms with Crippen molar-refractivity contribution >= 4 is 16.9 Å². The molecule has 4 aromatic rings. The van der Waals surface area contributed by atoms with Crippen LogP contribution < -0.4 is 0 Å². The second-order valence-corrected chi connectivity index (χ2v) is 7.88. The lowest BCUT2D eigenvalue weighted by atomic mass is 9.96. The zero-order valence-corrected chi connectivity index (χ0v) is 16.5. The Labute approximate surface area is 172 Å². The molecule has 5 nitrogen and oxygen atoms in total. The number of carbonyl (C=O) groups is 1. The summed E-state index contributed by atoms with van der Waals surface area (Å²) in [6.45, 7) is 0. The standard InChI is InChI=1S/C24H20FN3O2/c1-28-7-5-16-8-14(9-19(23(16)28)18-4-6-26-13-21(18)25)10-22-20(24(29)30)11-17(12-27-22)15-2-3-15/h4-9,11-13,15H,2-3,10H2,1H3,(H,29,30). The number of pyridine rings is 2. The van der Waals surface area contributed by atoms with E-state index in [1.54, 1.807) is 24.5 Å². The van der Waals surface area contributed by atoms with Crippen molar-refractivity contribution < 1.29 is 14.3 Å². The molecular weight excluding hydrogens is 381 g/mol. The molecule has 0 saturated heterocycles. The van der Waals surface area contributed by atoms with Crippen molar-refractivity contribution in [2.45, 2.75) is 25.2 Å². The fraction of sp³-hybridized carbons (Fsp3) is 0.208. The summed E-state index contributed by atoms with van der Waals surface area (Å²) < 4.78 is 16.5. The first-order valence-corrected chi connectivity index (χ1v) is 9.91. The summed E-state index contributed by atoms with van der Waals surface area (Å²) in [7, 11) is 1.92. The van der Waals surface area contributed by atoms with Crippen molar-refractivity contribution in [3.63, 3.8) is 0 Å². The van der Waals surface area contributed by atoms with Gasteiger partial charge in [0.1, 0.15) is 5.82 Å². The van der Waals surface area contributed by atoms with E-state index in [1.165, 1.54) is 6.20 Å². The quantitative estimate of drug-likeness (QED) is 0.514. The minimum Gasteiger partial charge on any atom is -0.478 e. The lowest BCUT2D eigenvalue weighted by Crippen LogP contribution is -2.07. The maximum absolute atomic E-state index is 14.5. The third-order valence-electron chi connectivity index (χ3n) is 5.73. The van der Waals surface area contributed by atoms with Crippen LogP contribution in [0.2, 0.25) is 0 Å². The van der Waals surface area contributed by atoms with Crippen molar-refractivity contribution in [1.29, 1.82) is 0 Å². The van der Waals surface area contributed by atoms with Crippen LogP contribution in [0, 0.1) is 5.82 Å². The molecule has 150 valence electrons. The minimum absolute atomic E-state index is 0.240. The molecule has 3 aromatic heterocycles. The fourth-order valence-electron chi connectivity index (χ4n) is 4.08. The van der Waals surface area contributed by atoms with Crippen LogP contribution in [0.4, 0.5) is 4.39 Å². The van der Waals surface area contributed by atoms with E-state index in [2.05, 4.69) is 9.97 Å². The van der Waals surface area contributed by atoms with Crippen molar-refractivity contribution in [3.05, 3.63) is 83.3 Å². The fourth-order valence-corrected chi connectivity index (χ4v) is 4.08. The van der Waals surface area contributed by atoms with Crippen LogP contribution in [0.1, 0.15) is 45.9 Å². The number of fused-ring (bicyclic) bond motifs is 1. The molecule has 1 aromatic carbocycles. The summed E-state index contributed by atoms with van der Waals surface area (Å²) in [6.07, 6.45) is 9.04. The van der Waals surface area contributed by atoms with Crippen molar-refractivity contribution in [2.24, 2.45) is 7.05 Å². The van der Waals surface area contributed by atoms with Crippen LogP contribution in [0.3, 0.4) is 0 Å². The molecule has 30 heavy (non-hydrogen) atoms. The lowest BCUT2D eigenvalue weighted by Gasteiger charge is -2.12. The topological polar surface area (TPSA) is 68.0 Å². The number of rotatable bonds is 5. The van der Waals surface area contributed by atoms with Gasteiger partial charge in [-0.05, 0) is 60.2 Å². The van der Waals surface area contributed by atoms with Crippen molar-refractivity contribution in [2.75, 3.05) is 0 Å². The van der Waals surface area contributed by atoms with Crippen molar-refractivity contribution in [3.8, 4) is 11.1 Å². The van der Waals surface area contributed by atoms with Gasteiger partial charge in [-0.3, -0.25) is 9.97 Å². The second-order valence-electron chi connectivity index (χ2n) is 7.88. The number of halogens is 1. The molecule has 0 bridgehead atoms. The van der Waals surface area contributed by atoms with Gasteiger partial charge in [-0.1, -0.05) is 0 Å². The highest BCUT2D eigenvalue weighted by Crippen LogP contribution is 2.40. The zero-order valence-electron chi connectivity index (χ0n) is 16.5. The van der Waals surface area contributed by atoms with Crippen LogP contribution in [-0.2, 0) is 13.5 Å². The summed E-state index contributed by atoms with van der Waals surface area (Å²) in [5.74, 6) is -0.928. The number of benzene rings is 1. The SMILES string of the molecule is Cn1ccc2cc(Cc3ncc(C4CC4)cc3C(=O)O)cc(-c3ccncc3F)c21. The van der Waals surface area contributed by atoms with Crippen LogP contribution in [0.25, 0.3) is 22.0 Å². The third kappa shape index (κ3) is 3.24. The van der Waals surface area contributed by atoms with E-state index in [4.69, 9.17) is 0 Å². The van der Waals surface area contributed by atoms with E-state index >= 15 is 0 Å². The van der Waals surface area contributed by atoms with E-state index < -0.39 is 11.8 Å². The molecule has 1 aliphatic rings. The molecule has 5 rings (SSSR count). The number of carboxylic acid groups (broad SMARTS) is 1. The Morgan fingerprint density at radius 1 is 1.20 bits per heavy atom. The molecule has 3 heterocycles. The molecule has 1 N–H and O–H groups in total. The first-order valence-electron chi connectivity index (χ1n) is 9.91. The van der Waals surface area contributed by atoms with Gasteiger partial charge in [0.25, 0.3) is 0 Å². The highest BCUT2D eigenvalue weighted by Gasteiger charge is 2.26. The number of hydrogen-bond donors (Lipinski definition) is 1. The van der Waals surface area contributed by atoms with Crippen LogP contribution >= 0.6 is 0 Å². The Bertz CT molecular complexity index is 1290. The van der Waals surface area contributed by atoms with E-state index in [0.717, 1.165) is 40.4 Å². The zero-order chi connectivity index (χ0) is 20.8. The number of aromatic nitrogens is 3. The molecule has 1 aliphatic carbocycles. The van der Waals surface area contributed by atoms with Crippen LogP contribution in [0.5, 0.6) is 0 Å². The number of nitrogens with zero attached hydrogens (tertiary/aromatic N) is 3. The van der Waals surface area contributed by atoms with Crippen LogP contribution in [-0.4, -0.2) is 25.6 Å². The number of hydrogen-bond acceptors (Lipinski definition) is 3. The maximum atomic E-state index is 14.5. The van der Waals surface area contributed by atoms with Gasteiger partial charge in [-0.15, -0.1) is 0 Å². The Balaban J connectivity index is 1.63. The van der Waals surface area contributed by atoms with Gasteiger partial charge in [-0.2, -0.15) is 0 Å². The Kier molecular flexibility index (Phi) is 4.35. The van der Waals surface area contributed by atoms with Crippen molar-refractivity contribution in [1.82, 2.24) is 14.5 Å². The molecule has 0 unspecified atom stereocenters. The monoisotopic (exact) mass is 401 g/mol. The van der Waals surface area contributed by atoms with Crippen LogP contribution in [0.15, 0.2) is 55.1 Å². The minimum atomic E-state index is -0.971. The van der Waals surface area contributed by atoms with Gasteiger partial charge in [0.2, 0.25) is 0 Å². The summed E-state index contributed by atoms with van der Waals surface area (Å²) in [4.78, 5) is 20.2. The van der Waals surface area contributed by atoms with Gasteiger partial charge in [0, 0.05) is 48.6 Å². The normalized spacial score (nSPS) is 13.7. The summed E-state index contributed by atoms with van der Waals surface area (Å²) in [6, 6.07) is 9.32. The molecule has 1 fully saturated rings. The van der Waals surface area contributed by atoms with E-state index in [-0.39, 0.29) is 5.56 Å². The largest absolute Gasteiger partial charge is 0.478 e. The molecule has 0 amide bonds.